The number of anilines is 1. The molecule has 1 aliphatic rings. The number of hydrogen-bond donors (Lipinski definition) is 0. The minimum atomic E-state index is -0.201. The second kappa shape index (κ2) is 7.33. The van der Waals surface area contributed by atoms with E-state index in [0.29, 0.717) is 10.2 Å². The van der Waals surface area contributed by atoms with Crippen molar-refractivity contribution in [3.8, 4) is 6.07 Å². The number of benzene rings is 1. The topological polar surface area (TPSA) is 74.8 Å². The molecule has 0 aliphatic carbocycles. The molecule has 0 amide bonds. The van der Waals surface area contributed by atoms with Gasteiger partial charge in [-0.2, -0.15) is 5.26 Å². The lowest BCUT2D eigenvalue weighted by Gasteiger charge is -2.14. The molecule has 8 heteroatoms. The summed E-state index contributed by atoms with van der Waals surface area (Å²) in [5.74, 6) is -0.0457. The number of para-hydroxylation sites is 1. The molecule has 0 fully saturated rings. The van der Waals surface area contributed by atoms with Gasteiger partial charge in [0.15, 0.2) is 10.9 Å². The molecule has 128 valence electrons. The second-order valence-corrected chi connectivity index (χ2v) is 7.72. The number of aromatic nitrogens is 3. The zero-order valence-corrected chi connectivity index (χ0v) is 15.8. The molecule has 0 atom stereocenters. The Kier molecular flexibility index (Phi) is 5.16. The summed E-state index contributed by atoms with van der Waals surface area (Å²) in [4.78, 5) is 15.6. The Morgan fingerprint density at radius 3 is 2.84 bits per heavy atom. The first-order valence-corrected chi connectivity index (χ1v) is 9.53. The van der Waals surface area contributed by atoms with Gasteiger partial charge in [-0.15, -0.1) is 10.2 Å². The van der Waals surface area contributed by atoms with Crippen molar-refractivity contribution in [2.24, 2.45) is 0 Å². The first-order chi connectivity index (χ1) is 12.0. The number of thioether (sulfide) groups is 2. The monoisotopic (exact) mass is 371 g/mol. The van der Waals surface area contributed by atoms with Gasteiger partial charge in [-0.3, -0.25) is 4.79 Å². The van der Waals surface area contributed by atoms with E-state index in [9.17, 15) is 10.1 Å². The van der Waals surface area contributed by atoms with Gasteiger partial charge in [0, 0.05) is 18.0 Å². The van der Waals surface area contributed by atoms with Crippen molar-refractivity contribution in [2.75, 3.05) is 17.7 Å². The molecule has 0 spiro atoms. The summed E-state index contributed by atoms with van der Waals surface area (Å²) < 4.78 is 1.91. The molecular weight excluding hydrogens is 354 g/mol. The maximum Gasteiger partial charge on any atom is 0.191 e. The third kappa shape index (κ3) is 3.43. The van der Waals surface area contributed by atoms with Crippen molar-refractivity contribution in [1.82, 2.24) is 14.8 Å². The first kappa shape index (κ1) is 17.6. The number of carbonyl (C=O) groups is 1. The van der Waals surface area contributed by atoms with Gasteiger partial charge in [0.25, 0.3) is 0 Å². The Balaban J connectivity index is 1.79. The van der Waals surface area contributed by atoms with Crippen LogP contribution in [-0.2, 0) is 4.79 Å². The van der Waals surface area contributed by atoms with E-state index >= 15 is 0 Å². The average Bonchev–Trinajstić information content (AvgIpc) is 3.20. The van der Waals surface area contributed by atoms with E-state index < -0.39 is 0 Å². The van der Waals surface area contributed by atoms with Crippen LogP contribution in [0.15, 0.2) is 51.2 Å². The third-order valence-corrected chi connectivity index (χ3v) is 5.96. The van der Waals surface area contributed by atoms with Crippen LogP contribution in [0.2, 0.25) is 0 Å². The summed E-state index contributed by atoms with van der Waals surface area (Å²) in [5, 5.41) is 18.8. The van der Waals surface area contributed by atoms with E-state index in [0.717, 1.165) is 10.6 Å². The first-order valence-electron chi connectivity index (χ1n) is 7.73. The molecule has 0 saturated heterocycles. The highest BCUT2D eigenvalue weighted by molar-refractivity contribution is 8.03. The van der Waals surface area contributed by atoms with E-state index in [2.05, 4.69) is 16.3 Å². The molecule has 0 saturated carbocycles. The molecular formula is C17H17N5OS2. The number of nitriles is 1. The Morgan fingerprint density at radius 1 is 1.40 bits per heavy atom. The van der Waals surface area contributed by atoms with E-state index in [4.69, 9.17) is 0 Å². The molecule has 0 radical (unpaired) electrons. The van der Waals surface area contributed by atoms with Crippen molar-refractivity contribution in [2.45, 2.75) is 29.9 Å². The smallest absolute Gasteiger partial charge is 0.191 e. The standard InChI is InChI=1S/C17H17N5OS2/c1-11(2)22-10-19-20-17(22)24-9-14(23)12(8-18)16-21(3)13-6-4-5-7-15(13)25-16/h4-7,10-11H,9H2,1-3H3/b16-12+. The van der Waals surface area contributed by atoms with E-state index in [1.807, 2.05) is 54.6 Å². The summed E-state index contributed by atoms with van der Waals surface area (Å²) in [6.45, 7) is 4.05. The summed E-state index contributed by atoms with van der Waals surface area (Å²) >= 11 is 2.76. The predicted octanol–water partition coefficient (Wildman–Crippen LogP) is 3.50. The number of Topliss-reactive ketones (excluding diaryl/α,β-unsaturated/α-hetero) is 1. The van der Waals surface area contributed by atoms with Gasteiger partial charge >= 0.3 is 0 Å². The van der Waals surface area contributed by atoms with Gasteiger partial charge in [0.1, 0.15) is 23.0 Å². The highest BCUT2D eigenvalue weighted by atomic mass is 32.2. The zero-order chi connectivity index (χ0) is 18.0. The lowest BCUT2D eigenvalue weighted by molar-refractivity contribution is -0.112. The summed E-state index contributed by atoms with van der Waals surface area (Å²) in [6, 6.07) is 10.2. The van der Waals surface area contributed by atoms with Gasteiger partial charge in [-0.05, 0) is 26.0 Å². The Morgan fingerprint density at radius 2 is 2.16 bits per heavy atom. The van der Waals surface area contributed by atoms with Crippen LogP contribution in [0.4, 0.5) is 5.69 Å². The Labute approximate surface area is 154 Å². The van der Waals surface area contributed by atoms with Crippen molar-refractivity contribution in [3.63, 3.8) is 0 Å². The number of allylic oxidation sites excluding steroid dienone is 1. The van der Waals surface area contributed by atoms with Crippen molar-refractivity contribution < 1.29 is 4.79 Å². The number of ketones is 1. The van der Waals surface area contributed by atoms with Crippen LogP contribution in [-0.4, -0.2) is 33.3 Å². The zero-order valence-electron chi connectivity index (χ0n) is 14.1. The lowest BCUT2D eigenvalue weighted by atomic mass is 10.2. The predicted molar refractivity (Wildman–Crippen MR) is 99.5 cm³/mol. The molecule has 0 unspecified atom stereocenters. The van der Waals surface area contributed by atoms with Crippen LogP contribution >= 0.6 is 23.5 Å². The Hall–Kier alpha value is -2.24. The van der Waals surface area contributed by atoms with Crippen LogP contribution in [0.25, 0.3) is 0 Å². The maximum atomic E-state index is 12.6. The molecule has 6 nitrogen and oxygen atoms in total. The molecule has 25 heavy (non-hydrogen) atoms. The summed E-state index contributed by atoms with van der Waals surface area (Å²) in [7, 11) is 1.88. The molecule has 0 N–H and O–H groups in total. The van der Waals surface area contributed by atoms with Crippen molar-refractivity contribution >= 4 is 35.0 Å². The second-order valence-electron chi connectivity index (χ2n) is 5.75. The van der Waals surface area contributed by atoms with Gasteiger partial charge in [-0.1, -0.05) is 35.7 Å². The van der Waals surface area contributed by atoms with E-state index in [-0.39, 0.29) is 23.2 Å². The number of hydrogen-bond acceptors (Lipinski definition) is 7. The summed E-state index contributed by atoms with van der Waals surface area (Å²) in [6.07, 6.45) is 1.65. The average molecular weight is 371 g/mol. The van der Waals surface area contributed by atoms with Crippen LogP contribution in [0.5, 0.6) is 0 Å². The van der Waals surface area contributed by atoms with Crippen molar-refractivity contribution in [1.29, 1.82) is 5.26 Å². The van der Waals surface area contributed by atoms with E-state index in [1.54, 1.807) is 6.33 Å². The molecule has 1 aromatic carbocycles. The summed E-state index contributed by atoms with van der Waals surface area (Å²) in [5.41, 5.74) is 1.20. The van der Waals surface area contributed by atoms with Crippen molar-refractivity contribution in [3.05, 3.63) is 41.2 Å². The normalized spacial score (nSPS) is 15.2. The largest absolute Gasteiger partial charge is 0.337 e. The Bertz CT molecular complexity index is 881. The highest BCUT2D eigenvalue weighted by Crippen LogP contribution is 2.46. The number of fused-ring (bicyclic) bond motifs is 1. The van der Waals surface area contributed by atoms with Gasteiger partial charge < -0.3 is 9.47 Å². The van der Waals surface area contributed by atoms with Gasteiger partial charge in [-0.25, -0.2) is 0 Å². The van der Waals surface area contributed by atoms with Crippen LogP contribution in [0.3, 0.4) is 0 Å². The molecule has 1 aliphatic heterocycles. The lowest BCUT2D eigenvalue weighted by Crippen LogP contribution is -2.16. The fourth-order valence-electron chi connectivity index (χ4n) is 2.44. The van der Waals surface area contributed by atoms with Gasteiger partial charge in [0.05, 0.1) is 11.4 Å². The fraction of sp³-hybridized carbons (Fsp3) is 0.294. The molecule has 2 aromatic rings. The number of rotatable bonds is 5. The third-order valence-electron chi connectivity index (χ3n) is 3.77. The van der Waals surface area contributed by atoms with Gasteiger partial charge in [0.2, 0.25) is 0 Å². The van der Waals surface area contributed by atoms with Crippen LogP contribution < -0.4 is 4.90 Å². The minimum absolute atomic E-state index is 0.155. The van der Waals surface area contributed by atoms with Crippen LogP contribution in [0.1, 0.15) is 19.9 Å². The minimum Gasteiger partial charge on any atom is -0.337 e. The van der Waals surface area contributed by atoms with Crippen LogP contribution in [0, 0.1) is 11.3 Å². The maximum absolute atomic E-state index is 12.6. The molecule has 1 aromatic heterocycles. The quantitative estimate of drug-likeness (QED) is 0.452. The van der Waals surface area contributed by atoms with E-state index in [1.165, 1.54) is 23.5 Å². The SMILES string of the molecule is CC(C)n1cnnc1SCC(=O)/C(C#N)=C1/Sc2ccccc2N1C. The molecule has 0 bridgehead atoms. The number of nitrogens with zero attached hydrogens (tertiary/aromatic N) is 5. The molecule has 2 heterocycles. The molecule has 3 rings (SSSR count). The fourth-order valence-corrected chi connectivity index (χ4v) is 4.52. The highest BCUT2D eigenvalue weighted by Gasteiger charge is 2.28. The number of carbonyl (C=O) groups excluding carboxylic acids is 1.